The summed E-state index contributed by atoms with van der Waals surface area (Å²) in [5.74, 6) is -0.137. The quantitative estimate of drug-likeness (QED) is 0.833. The first-order valence-corrected chi connectivity index (χ1v) is 5.60. The van der Waals surface area contributed by atoms with Crippen LogP contribution in [-0.4, -0.2) is 23.8 Å². The van der Waals surface area contributed by atoms with Crippen LogP contribution in [0.5, 0.6) is 11.5 Å². The number of carbonyl (C=O) groups is 1. The van der Waals surface area contributed by atoms with Crippen molar-refractivity contribution in [2.24, 2.45) is 5.73 Å². The lowest BCUT2D eigenvalue weighted by Crippen LogP contribution is -2.24. The molecule has 0 saturated heterocycles. The Kier molecular flexibility index (Phi) is 6.12. The van der Waals surface area contributed by atoms with Crippen molar-refractivity contribution in [3.63, 3.8) is 0 Å². The molecule has 0 aromatic heterocycles. The molecule has 1 aromatic rings. The van der Waals surface area contributed by atoms with Gasteiger partial charge in [0.25, 0.3) is 0 Å². The van der Waals surface area contributed by atoms with Gasteiger partial charge in [0.2, 0.25) is 0 Å². The van der Waals surface area contributed by atoms with Gasteiger partial charge in [-0.05, 0) is 39.0 Å². The Morgan fingerprint density at radius 2 is 1.95 bits per heavy atom. The number of phenolic OH excluding ortho intramolecular Hbond substituents is 1. The third-order valence-electron chi connectivity index (χ3n) is 2.21. The van der Waals surface area contributed by atoms with Gasteiger partial charge >= 0.3 is 5.97 Å². The Balaban J connectivity index is 0.00000324. The number of phenols is 1. The predicted molar refractivity (Wildman–Crippen MR) is 74.7 cm³/mol. The molecule has 1 atom stereocenters. The predicted octanol–water partition coefficient (Wildman–Crippen LogP) is 2.16. The molecule has 5 nitrogen and oxygen atoms in total. The van der Waals surface area contributed by atoms with Crippen LogP contribution < -0.4 is 10.5 Å². The Morgan fingerprint density at radius 1 is 1.37 bits per heavy atom. The minimum atomic E-state index is -1.03. The van der Waals surface area contributed by atoms with E-state index >= 15 is 0 Å². The lowest BCUT2D eigenvalue weighted by atomic mass is 10.1. The number of hydrogen-bond donors (Lipinski definition) is 2. The molecule has 0 bridgehead atoms. The van der Waals surface area contributed by atoms with E-state index in [9.17, 15) is 9.90 Å². The van der Waals surface area contributed by atoms with Gasteiger partial charge in [0.15, 0.2) is 0 Å². The summed E-state index contributed by atoms with van der Waals surface area (Å²) in [7, 11) is 1.24. The number of rotatable bonds is 3. The maximum atomic E-state index is 11.4. The van der Waals surface area contributed by atoms with Crippen molar-refractivity contribution in [1.82, 2.24) is 0 Å². The average molecular weight is 290 g/mol. The largest absolute Gasteiger partial charge is 0.508 e. The van der Waals surface area contributed by atoms with E-state index in [0.29, 0.717) is 5.75 Å². The van der Waals surface area contributed by atoms with Gasteiger partial charge in [-0.25, -0.2) is 0 Å². The first-order valence-electron chi connectivity index (χ1n) is 5.60. The monoisotopic (exact) mass is 289 g/mol. The van der Waals surface area contributed by atoms with Crippen molar-refractivity contribution < 1.29 is 19.4 Å². The number of esters is 1. The molecule has 0 heterocycles. The molecular weight excluding hydrogens is 270 g/mol. The van der Waals surface area contributed by atoms with E-state index in [4.69, 9.17) is 10.5 Å². The topological polar surface area (TPSA) is 81.8 Å². The number of ether oxygens (including phenoxy) is 2. The van der Waals surface area contributed by atoms with Gasteiger partial charge in [-0.3, -0.25) is 4.79 Å². The maximum absolute atomic E-state index is 11.4. The van der Waals surface area contributed by atoms with Gasteiger partial charge < -0.3 is 20.3 Å². The highest BCUT2D eigenvalue weighted by molar-refractivity contribution is 5.85. The Labute approximate surface area is 119 Å². The van der Waals surface area contributed by atoms with E-state index < -0.39 is 12.0 Å². The van der Waals surface area contributed by atoms with Gasteiger partial charge in [0, 0.05) is 5.56 Å². The van der Waals surface area contributed by atoms with Gasteiger partial charge in [0.05, 0.1) is 7.11 Å². The fourth-order valence-electron chi connectivity index (χ4n) is 1.45. The fourth-order valence-corrected chi connectivity index (χ4v) is 1.45. The Hall–Kier alpha value is -1.46. The molecule has 0 unspecified atom stereocenters. The van der Waals surface area contributed by atoms with Crippen molar-refractivity contribution in [1.29, 1.82) is 0 Å². The molecule has 0 aliphatic carbocycles. The van der Waals surface area contributed by atoms with Crippen LogP contribution in [0, 0.1) is 0 Å². The highest BCUT2D eigenvalue weighted by Crippen LogP contribution is 2.29. The minimum Gasteiger partial charge on any atom is -0.508 e. The maximum Gasteiger partial charge on any atom is 0.327 e. The van der Waals surface area contributed by atoms with E-state index in [-0.39, 0.29) is 29.3 Å². The Morgan fingerprint density at radius 3 is 2.42 bits per heavy atom. The van der Waals surface area contributed by atoms with Gasteiger partial charge in [0.1, 0.15) is 23.1 Å². The van der Waals surface area contributed by atoms with Crippen LogP contribution >= 0.6 is 12.4 Å². The third kappa shape index (κ3) is 4.96. The van der Waals surface area contributed by atoms with Gasteiger partial charge in [-0.2, -0.15) is 0 Å². The SMILES string of the molecule is COC(=O)[C@H](N)c1cc(OC(C)(C)C)ccc1O.Cl. The number of nitrogens with two attached hydrogens (primary N) is 1. The number of hydrogen-bond acceptors (Lipinski definition) is 5. The highest BCUT2D eigenvalue weighted by atomic mass is 35.5. The van der Waals surface area contributed by atoms with Crippen molar-refractivity contribution in [3.8, 4) is 11.5 Å². The zero-order valence-corrected chi connectivity index (χ0v) is 12.3. The summed E-state index contributed by atoms with van der Waals surface area (Å²) in [6.07, 6.45) is 0. The second-order valence-electron chi connectivity index (χ2n) is 4.94. The zero-order valence-electron chi connectivity index (χ0n) is 11.5. The van der Waals surface area contributed by atoms with Crippen LogP contribution in [0.4, 0.5) is 0 Å². The van der Waals surface area contributed by atoms with E-state index in [0.717, 1.165) is 0 Å². The normalized spacial score (nSPS) is 12.3. The first kappa shape index (κ1) is 17.5. The van der Waals surface area contributed by atoms with Crippen LogP contribution in [-0.2, 0) is 9.53 Å². The lowest BCUT2D eigenvalue weighted by molar-refractivity contribution is -0.142. The van der Waals surface area contributed by atoms with Crippen LogP contribution in [0.3, 0.4) is 0 Å². The van der Waals surface area contributed by atoms with E-state index in [2.05, 4.69) is 4.74 Å². The number of halogens is 1. The van der Waals surface area contributed by atoms with E-state index in [1.807, 2.05) is 20.8 Å². The summed E-state index contributed by atoms with van der Waals surface area (Å²) >= 11 is 0. The summed E-state index contributed by atoms with van der Waals surface area (Å²) in [5.41, 5.74) is 5.60. The summed E-state index contributed by atoms with van der Waals surface area (Å²) in [6.45, 7) is 5.71. The first-order chi connectivity index (χ1) is 8.24. The number of benzene rings is 1. The number of aromatic hydroxyl groups is 1. The summed E-state index contributed by atoms with van der Waals surface area (Å²) in [6, 6.07) is 3.58. The fraction of sp³-hybridized carbons (Fsp3) is 0.462. The van der Waals surface area contributed by atoms with Crippen molar-refractivity contribution in [2.45, 2.75) is 32.4 Å². The van der Waals surface area contributed by atoms with Gasteiger partial charge in [-0.1, -0.05) is 0 Å². The number of methoxy groups -OCH3 is 1. The Bertz CT molecular complexity index is 443. The smallest absolute Gasteiger partial charge is 0.327 e. The molecule has 3 N–H and O–H groups in total. The molecule has 0 aliphatic rings. The second kappa shape index (κ2) is 6.63. The molecule has 0 fully saturated rings. The molecule has 0 spiro atoms. The van der Waals surface area contributed by atoms with E-state index in [1.165, 1.54) is 13.2 Å². The van der Waals surface area contributed by atoms with Crippen molar-refractivity contribution in [3.05, 3.63) is 23.8 Å². The molecule has 0 saturated carbocycles. The molecule has 19 heavy (non-hydrogen) atoms. The zero-order chi connectivity index (χ0) is 13.9. The standard InChI is InChI=1S/C13H19NO4.ClH/c1-13(2,3)18-8-5-6-10(15)9(7-8)11(14)12(16)17-4;/h5-7,11,15H,14H2,1-4H3;1H/t11-;/m1./s1. The molecule has 0 amide bonds. The minimum absolute atomic E-state index is 0. The third-order valence-corrected chi connectivity index (χ3v) is 2.21. The summed E-state index contributed by atoms with van der Waals surface area (Å²) in [5, 5.41) is 9.70. The van der Waals surface area contributed by atoms with Crippen LogP contribution in [0.1, 0.15) is 32.4 Å². The van der Waals surface area contributed by atoms with Gasteiger partial charge in [-0.15, -0.1) is 12.4 Å². The molecular formula is C13H20ClNO4. The average Bonchev–Trinajstić information content (AvgIpc) is 2.28. The molecule has 1 rings (SSSR count). The van der Waals surface area contributed by atoms with Crippen molar-refractivity contribution in [2.75, 3.05) is 7.11 Å². The highest BCUT2D eigenvalue weighted by Gasteiger charge is 2.21. The molecule has 0 radical (unpaired) electrons. The molecule has 6 heteroatoms. The number of carbonyl (C=O) groups excluding carboxylic acids is 1. The second-order valence-corrected chi connectivity index (χ2v) is 4.94. The summed E-state index contributed by atoms with van der Waals surface area (Å²) < 4.78 is 10.2. The summed E-state index contributed by atoms with van der Waals surface area (Å²) in [4.78, 5) is 11.4. The van der Waals surface area contributed by atoms with E-state index in [1.54, 1.807) is 12.1 Å². The van der Waals surface area contributed by atoms with Crippen LogP contribution in [0.25, 0.3) is 0 Å². The molecule has 108 valence electrons. The van der Waals surface area contributed by atoms with Crippen molar-refractivity contribution >= 4 is 18.4 Å². The molecule has 0 aliphatic heterocycles. The van der Waals surface area contributed by atoms with Crippen LogP contribution in [0.15, 0.2) is 18.2 Å². The van der Waals surface area contributed by atoms with Crippen LogP contribution in [0.2, 0.25) is 0 Å². The lowest BCUT2D eigenvalue weighted by Gasteiger charge is -2.22. The molecule has 1 aromatic carbocycles.